The third-order valence-corrected chi connectivity index (χ3v) is 4.68. The second-order valence-electron chi connectivity index (χ2n) is 5.65. The highest BCUT2D eigenvalue weighted by molar-refractivity contribution is 7.57. The number of nitrogens with two attached hydrogens (primary N) is 1. The lowest BCUT2D eigenvalue weighted by Crippen LogP contribution is -2.32. The summed E-state index contributed by atoms with van der Waals surface area (Å²) >= 11 is 0. The van der Waals surface area contributed by atoms with E-state index >= 15 is 0 Å². The number of rotatable bonds is 9. The van der Waals surface area contributed by atoms with Gasteiger partial charge in [-0.3, -0.25) is 9.46 Å². The molecule has 17 heavy (non-hydrogen) atoms. The quantitative estimate of drug-likeness (QED) is 0.626. The maximum absolute atomic E-state index is 12.0. The molecule has 0 spiro atoms. The van der Waals surface area contributed by atoms with E-state index < -0.39 is 7.37 Å². The molecule has 0 saturated heterocycles. The van der Waals surface area contributed by atoms with Gasteiger partial charge < -0.3 is 10.6 Å². The minimum Gasteiger partial charge on any atom is -0.343 e. The summed E-state index contributed by atoms with van der Waals surface area (Å²) in [5.74, 6) is 0.870. The molecule has 0 aromatic rings. The lowest BCUT2D eigenvalue weighted by atomic mass is 10.1. The second-order valence-corrected chi connectivity index (χ2v) is 7.99. The zero-order valence-corrected chi connectivity index (χ0v) is 12.6. The van der Waals surface area contributed by atoms with Crippen molar-refractivity contribution in [2.75, 3.05) is 32.1 Å². The minimum absolute atomic E-state index is 0.260. The van der Waals surface area contributed by atoms with Gasteiger partial charge >= 0.3 is 0 Å². The Morgan fingerprint density at radius 3 is 2.18 bits per heavy atom. The van der Waals surface area contributed by atoms with Crippen molar-refractivity contribution in [1.82, 2.24) is 4.90 Å². The molecule has 0 heterocycles. The Labute approximate surface area is 106 Å². The molecule has 0 amide bonds. The highest BCUT2D eigenvalue weighted by atomic mass is 31.2. The first-order valence-corrected chi connectivity index (χ1v) is 8.53. The van der Waals surface area contributed by atoms with Gasteiger partial charge in [-0.1, -0.05) is 27.7 Å². The molecule has 0 aromatic carbocycles. The molecule has 0 fully saturated rings. The summed E-state index contributed by atoms with van der Waals surface area (Å²) in [6, 6.07) is 0. The smallest absolute Gasteiger partial charge is 0.214 e. The minimum atomic E-state index is -3.02. The molecular formula is C12H29N2O2P. The Kier molecular flexibility index (Phi) is 8.31. The van der Waals surface area contributed by atoms with E-state index in [4.69, 9.17) is 5.73 Å². The van der Waals surface area contributed by atoms with Crippen molar-refractivity contribution in [3.8, 4) is 0 Å². The molecule has 3 N–H and O–H groups in total. The van der Waals surface area contributed by atoms with Crippen LogP contribution in [0.15, 0.2) is 0 Å². The van der Waals surface area contributed by atoms with Gasteiger partial charge in [0, 0.05) is 19.3 Å². The topological polar surface area (TPSA) is 66.6 Å². The average Bonchev–Trinajstić information content (AvgIpc) is 2.11. The Balaban J connectivity index is 4.26. The lowest BCUT2D eigenvalue weighted by Gasteiger charge is -2.25. The van der Waals surface area contributed by atoms with E-state index in [9.17, 15) is 9.46 Å². The van der Waals surface area contributed by atoms with Crippen molar-refractivity contribution in [1.29, 1.82) is 0 Å². The summed E-state index contributed by atoms with van der Waals surface area (Å²) in [5, 5.41) is 0. The first-order valence-electron chi connectivity index (χ1n) is 6.50. The van der Waals surface area contributed by atoms with Gasteiger partial charge in [0.15, 0.2) is 0 Å². The van der Waals surface area contributed by atoms with Gasteiger partial charge in [0.2, 0.25) is 7.37 Å². The zero-order chi connectivity index (χ0) is 13.5. The molecule has 0 aliphatic carbocycles. The molecule has 104 valence electrons. The van der Waals surface area contributed by atoms with Gasteiger partial charge in [-0.05, 0) is 24.8 Å². The van der Waals surface area contributed by atoms with Crippen molar-refractivity contribution in [2.24, 2.45) is 17.6 Å². The van der Waals surface area contributed by atoms with E-state index in [1.807, 2.05) is 18.7 Å². The van der Waals surface area contributed by atoms with Gasteiger partial charge in [0.25, 0.3) is 0 Å². The fourth-order valence-corrected chi connectivity index (χ4v) is 3.98. The van der Waals surface area contributed by atoms with Crippen LogP contribution >= 0.6 is 7.37 Å². The highest BCUT2D eigenvalue weighted by Crippen LogP contribution is 2.42. The first kappa shape index (κ1) is 17.1. The number of nitrogens with zero attached hydrogens (tertiary/aromatic N) is 1. The summed E-state index contributed by atoms with van der Waals surface area (Å²) in [7, 11) is -3.02. The van der Waals surface area contributed by atoms with Crippen LogP contribution in [-0.4, -0.2) is 41.9 Å². The Bertz CT molecular complexity index is 245. The molecule has 0 aliphatic rings. The zero-order valence-electron chi connectivity index (χ0n) is 11.7. The third kappa shape index (κ3) is 9.78. The highest BCUT2D eigenvalue weighted by Gasteiger charge is 2.23. The molecule has 0 saturated carbocycles. The van der Waals surface area contributed by atoms with Crippen LogP contribution in [0.4, 0.5) is 0 Å². The fraction of sp³-hybridized carbons (Fsp3) is 1.00. The largest absolute Gasteiger partial charge is 0.343 e. The average molecular weight is 264 g/mol. The summed E-state index contributed by atoms with van der Waals surface area (Å²) in [4.78, 5) is 12.0. The maximum atomic E-state index is 12.0. The van der Waals surface area contributed by atoms with Crippen molar-refractivity contribution in [3.05, 3.63) is 0 Å². The molecule has 0 aliphatic heterocycles. The summed E-state index contributed by atoms with van der Waals surface area (Å²) in [6.07, 6.45) is 1.73. The van der Waals surface area contributed by atoms with Crippen LogP contribution in [-0.2, 0) is 4.57 Å². The predicted molar refractivity (Wildman–Crippen MR) is 74.5 cm³/mol. The monoisotopic (exact) mass is 264 g/mol. The first-order chi connectivity index (χ1) is 7.76. The third-order valence-electron chi connectivity index (χ3n) is 2.54. The lowest BCUT2D eigenvalue weighted by molar-refractivity contribution is 0.288. The molecule has 0 rings (SSSR count). The van der Waals surface area contributed by atoms with E-state index in [-0.39, 0.29) is 12.2 Å². The van der Waals surface area contributed by atoms with Crippen LogP contribution in [0.5, 0.6) is 0 Å². The van der Waals surface area contributed by atoms with Crippen LogP contribution in [0.25, 0.3) is 0 Å². The SMILES string of the molecule is CC(C)CCN(CCN)CP(=O)(O)CC(C)C. The van der Waals surface area contributed by atoms with Crippen LogP contribution < -0.4 is 5.73 Å². The summed E-state index contributed by atoms with van der Waals surface area (Å²) in [5.41, 5.74) is 5.54. The van der Waals surface area contributed by atoms with Crippen molar-refractivity contribution in [2.45, 2.75) is 34.1 Å². The molecule has 0 aromatic heterocycles. The van der Waals surface area contributed by atoms with Gasteiger partial charge in [-0.25, -0.2) is 0 Å². The summed E-state index contributed by atoms with van der Waals surface area (Å²) in [6.45, 7) is 10.4. The van der Waals surface area contributed by atoms with E-state index in [2.05, 4.69) is 13.8 Å². The van der Waals surface area contributed by atoms with Crippen LogP contribution in [0.2, 0.25) is 0 Å². The van der Waals surface area contributed by atoms with E-state index in [1.165, 1.54) is 0 Å². The Hall–Kier alpha value is 0.110. The van der Waals surface area contributed by atoms with Gasteiger partial charge in [0.1, 0.15) is 0 Å². The summed E-state index contributed by atoms with van der Waals surface area (Å²) < 4.78 is 12.0. The molecule has 1 atom stereocenters. The van der Waals surface area contributed by atoms with E-state index in [0.717, 1.165) is 13.0 Å². The Morgan fingerprint density at radius 1 is 1.18 bits per heavy atom. The molecule has 0 radical (unpaired) electrons. The molecule has 1 unspecified atom stereocenters. The molecule has 0 bridgehead atoms. The number of hydrogen-bond acceptors (Lipinski definition) is 3. The van der Waals surface area contributed by atoms with Gasteiger partial charge in [0.05, 0.1) is 6.29 Å². The second kappa shape index (κ2) is 8.25. The van der Waals surface area contributed by atoms with Gasteiger partial charge in [-0.15, -0.1) is 0 Å². The van der Waals surface area contributed by atoms with Gasteiger partial charge in [-0.2, -0.15) is 0 Å². The van der Waals surface area contributed by atoms with Crippen molar-refractivity contribution < 1.29 is 9.46 Å². The van der Waals surface area contributed by atoms with Crippen molar-refractivity contribution >= 4 is 7.37 Å². The van der Waals surface area contributed by atoms with E-state index in [1.54, 1.807) is 0 Å². The Morgan fingerprint density at radius 2 is 1.76 bits per heavy atom. The molecule has 4 nitrogen and oxygen atoms in total. The van der Waals surface area contributed by atoms with Crippen LogP contribution in [0.1, 0.15) is 34.1 Å². The van der Waals surface area contributed by atoms with Crippen LogP contribution in [0, 0.1) is 11.8 Å². The van der Waals surface area contributed by atoms with E-state index in [0.29, 0.717) is 25.2 Å². The fourth-order valence-electron chi connectivity index (χ4n) is 1.82. The maximum Gasteiger partial charge on any atom is 0.214 e. The normalized spacial score (nSPS) is 15.8. The van der Waals surface area contributed by atoms with Crippen molar-refractivity contribution in [3.63, 3.8) is 0 Å². The number of hydrogen-bond donors (Lipinski definition) is 2. The standard InChI is InChI=1S/C12H29N2O2P/c1-11(2)5-7-14(8-6-13)10-17(15,16)9-12(3)4/h11-12H,5-10,13H2,1-4H3,(H,15,16). The molecular weight excluding hydrogens is 235 g/mol. The predicted octanol–water partition coefficient (Wildman–Crippen LogP) is 2.18. The van der Waals surface area contributed by atoms with Crippen LogP contribution in [0.3, 0.4) is 0 Å². The molecule has 5 heteroatoms.